The monoisotopic (exact) mass is 366 g/mol. The van der Waals surface area contributed by atoms with Gasteiger partial charge in [0.1, 0.15) is 11.4 Å². The summed E-state index contributed by atoms with van der Waals surface area (Å²) in [6.45, 7) is 7.24. The Morgan fingerprint density at radius 2 is 1.96 bits per heavy atom. The van der Waals surface area contributed by atoms with Gasteiger partial charge in [0.15, 0.2) is 0 Å². The normalized spacial score (nSPS) is 12.4. The van der Waals surface area contributed by atoms with E-state index in [4.69, 9.17) is 4.74 Å². The molecule has 0 aromatic heterocycles. The number of ether oxygens (including phenoxy) is 1. The lowest BCUT2D eigenvalue weighted by Gasteiger charge is -2.26. The molecular formula is C17H26N4O5. The number of hydrogen-bond donors (Lipinski definition) is 2. The quantitative estimate of drug-likeness (QED) is 0.562. The molecule has 2 N–H and O–H groups in total. The van der Waals surface area contributed by atoms with E-state index in [-0.39, 0.29) is 29.4 Å². The Bertz CT molecular complexity index is 684. The maximum absolute atomic E-state index is 12.4. The lowest BCUT2D eigenvalue weighted by molar-refractivity contribution is -0.384. The first-order valence-electron chi connectivity index (χ1n) is 8.09. The number of hydrogen-bond acceptors (Lipinski definition) is 6. The summed E-state index contributed by atoms with van der Waals surface area (Å²) in [6, 6.07) is 3.50. The molecule has 0 heterocycles. The van der Waals surface area contributed by atoms with E-state index in [9.17, 15) is 19.7 Å². The number of carbonyl (C=O) groups excluding carboxylic acids is 2. The molecule has 1 unspecified atom stereocenters. The molecule has 0 bridgehead atoms. The summed E-state index contributed by atoms with van der Waals surface area (Å²) in [6.07, 6.45) is 0. The van der Waals surface area contributed by atoms with Crippen LogP contribution in [0.3, 0.4) is 0 Å². The Morgan fingerprint density at radius 1 is 1.35 bits per heavy atom. The topological polar surface area (TPSA) is 114 Å². The van der Waals surface area contributed by atoms with Crippen LogP contribution < -0.4 is 15.4 Å². The molecule has 144 valence electrons. The zero-order chi connectivity index (χ0) is 20.1. The number of amides is 2. The number of methoxy groups -OCH3 is 1. The Kier molecular flexibility index (Phi) is 7.08. The Morgan fingerprint density at radius 3 is 2.46 bits per heavy atom. The Balaban J connectivity index is 2.81. The Hall–Kier alpha value is -2.68. The highest BCUT2D eigenvalue weighted by molar-refractivity contribution is 5.97. The third kappa shape index (κ3) is 6.32. The number of rotatable bonds is 7. The SMILES string of the molecule is COc1ccc(NC(=O)C(C)N(C)CC(=O)NC(C)(C)C)c([N+](=O)[O-])c1. The van der Waals surface area contributed by atoms with Gasteiger partial charge in [-0.1, -0.05) is 0 Å². The summed E-state index contributed by atoms with van der Waals surface area (Å²) in [4.78, 5) is 36.5. The molecule has 2 amide bonds. The van der Waals surface area contributed by atoms with E-state index in [1.165, 1.54) is 25.3 Å². The van der Waals surface area contributed by atoms with Crippen molar-refractivity contribution in [3.8, 4) is 5.75 Å². The van der Waals surface area contributed by atoms with Crippen LogP contribution in [0.5, 0.6) is 5.75 Å². The number of benzene rings is 1. The number of nitro benzene ring substituents is 1. The zero-order valence-corrected chi connectivity index (χ0v) is 16.0. The van der Waals surface area contributed by atoms with E-state index in [1.807, 2.05) is 20.8 Å². The van der Waals surface area contributed by atoms with Crippen molar-refractivity contribution in [1.29, 1.82) is 0 Å². The number of likely N-dealkylation sites (N-methyl/N-ethyl adjacent to an activating group) is 1. The molecule has 1 aromatic rings. The van der Waals surface area contributed by atoms with Gasteiger partial charge in [0, 0.05) is 5.54 Å². The van der Waals surface area contributed by atoms with Crippen molar-refractivity contribution in [3.05, 3.63) is 28.3 Å². The first-order chi connectivity index (χ1) is 11.9. The first kappa shape index (κ1) is 21.4. The van der Waals surface area contributed by atoms with Crippen molar-refractivity contribution in [2.45, 2.75) is 39.3 Å². The predicted octanol–water partition coefficient (Wildman–Crippen LogP) is 1.78. The van der Waals surface area contributed by atoms with Crippen LogP contribution in [0.4, 0.5) is 11.4 Å². The van der Waals surface area contributed by atoms with Crippen molar-refractivity contribution < 1.29 is 19.2 Å². The highest BCUT2D eigenvalue weighted by atomic mass is 16.6. The summed E-state index contributed by atoms with van der Waals surface area (Å²) in [5.74, 6) is -0.349. The van der Waals surface area contributed by atoms with E-state index in [1.54, 1.807) is 18.9 Å². The van der Waals surface area contributed by atoms with Gasteiger partial charge in [-0.2, -0.15) is 0 Å². The molecule has 0 aliphatic heterocycles. The van der Waals surface area contributed by atoms with Gasteiger partial charge < -0.3 is 15.4 Å². The van der Waals surface area contributed by atoms with Gasteiger partial charge in [-0.3, -0.25) is 24.6 Å². The molecule has 0 spiro atoms. The fourth-order valence-electron chi connectivity index (χ4n) is 2.15. The Labute approximate surface area is 152 Å². The van der Waals surface area contributed by atoms with Crippen LogP contribution in [0, 0.1) is 10.1 Å². The molecule has 0 saturated carbocycles. The van der Waals surface area contributed by atoms with Crippen LogP contribution in [0.25, 0.3) is 0 Å². The largest absolute Gasteiger partial charge is 0.496 e. The lowest BCUT2D eigenvalue weighted by Crippen LogP contribution is -2.49. The highest BCUT2D eigenvalue weighted by Crippen LogP contribution is 2.29. The number of nitrogens with zero attached hydrogens (tertiary/aromatic N) is 2. The molecule has 0 aliphatic rings. The molecule has 1 rings (SSSR count). The molecule has 0 saturated heterocycles. The van der Waals surface area contributed by atoms with Gasteiger partial charge in [0.05, 0.1) is 30.7 Å². The fraction of sp³-hybridized carbons (Fsp3) is 0.529. The van der Waals surface area contributed by atoms with Crippen LogP contribution in [0.15, 0.2) is 18.2 Å². The van der Waals surface area contributed by atoms with Crippen LogP contribution in [0.2, 0.25) is 0 Å². The minimum Gasteiger partial charge on any atom is -0.496 e. The van der Waals surface area contributed by atoms with Crippen molar-refractivity contribution >= 4 is 23.2 Å². The molecule has 0 fully saturated rings. The number of nitro groups is 1. The van der Waals surface area contributed by atoms with Crippen LogP contribution in [0.1, 0.15) is 27.7 Å². The van der Waals surface area contributed by atoms with Gasteiger partial charge >= 0.3 is 0 Å². The van der Waals surface area contributed by atoms with Crippen molar-refractivity contribution in [1.82, 2.24) is 10.2 Å². The number of anilines is 1. The summed E-state index contributed by atoms with van der Waals surface area (Å²) < 4.78 is 4.96. The molecule has 0 aliphatic carbocycles. The zero-order valence-electron chi connectivity index (χ0n) is 16.0. The summed E-state index contributed by atoms with van der Waals surface area (Å²) in [7, 11) is 3.03. The third-order valence-corrected chi connectivity index (χ3v) is 3.61. The average Bonchev–Trinajstić information content (AvgIpc) is 2.52. The van der Waals surface area contributed by atoms with E-state index in [0.717, 1.165) is 0 Å². The smallest absolute Gasteiger partial charge is 0.296 e. The maximum atomic E-state index is 12.4. The minimum atomic E-state index is -0.664. The van der Waals surface area contributed by atoms with Gasteiger partial charge in [0.2, 0.25) is 11.8 Å². The maximum Gasteiger partial charge on any atom is 0.296 e. The number of carbonyl (C=O) groups is 2. The molecule has 0 radical (unpaired) electrons. The van der Waals surface area contributed by atoms with Crippen molar-refractivity contribution in [3.63, 3.8) is 0 Å². The van der Waals surface area contributed by atoms with Gasteiger partial charge in [-0.25, -0.2) is 0 Å². The second-order valence-electron chi connectivity index (χ2n) is 7.02. The van der Waals surface area contributed by atoms with Gasteiger partial charge in [0.25, 0.3) is 5.69 Å². The highest BCUT2D eigenvalue weighted by Gasteiger charge is 2.24. The van der Waals surface area contributed by atoms with Crippen molar-refractivity contribution in [2.75, 3.05) is 26.0 Å². The molecule has 9 nitrogen and oxygen atoms in total. The van der Waals surface area contributed by atoms with E-state index in [2.05, 4.69) is 10.6 Å². The van der Waals surface area contributed by atoms with Gasteiger partial charge in [-0.05, 0) is 46.9 Å². The summed E-state index contributed by atoms with van der Waals surface area (Å²) in [5.41, 5.74) is -0.564. The fourth-order valence-corrected chi connectivity index (χ4v) is 2.15. The molecule has 9 heteroatoms. The van der Waals surface area contributed by atoms with E-state index >= 15 is 0 Å². The van der Waals surface area contributed by atoms with Gasteiger partial charge in [-0.15, -0.1) is 0 Å². The molecule has 1 aromatic carbocycles. The lowest BCUT2D eigenvalue weighted by atomic mass is 10.1. The molecule has 1 atom stereocenters. The average molecular weight is 366 g/mol. The molecular weight excluding hydrogens is 340 g/mol. The van der Waals surface area contributed by atoms with Crippen LogP contribution in [-0.2, 0) is 9.59 Å². The predicted molar refractivity (Wildman–Crippen MR) is 98.3 cm³/mol. The van der Waals surface area contributed by atoms with Crippen LogP contribution in [-0.4, -0.2) is 53.9 Å². The van der Waals surface area contributed by atoms with Crippen LogP contribution >= 0.6 is 0 Å². The standard InChI is InChI=1S/C17H26N4O5/c1-11(20(5)10-15(22)19-17(2,3)4)16(23)18-13-8-7-12(26-6)9-14(13)21(24)25/h7-9,11H,10H2,1-6H3,(H,18,23)(H,19,22). The minimum absolute atomic E-state index is 0.0244. The third-order valence-electron chi connectivity index (χ3n) is 3.61. The summed E-state index contributed by atoms with van der Waals surface area (Å²) in [5, 5.41) is 16.5. The summed E-state index contributed by atoms with van der Waals surface area (Å²) >= 11 is 0. The van der Waals surface area contributed by atoms with Crippen molar-refractivity contribution in [2.24, 2.45) is 0 Å². The second-order valence-corrected chi connectivity index (χ2v) is 7.02. The van der Waals surface area contributed by atoms with E-state index in [0.29, 0.717) is 5.75 Å². The molecule has 26 heavy (non-hydrogen) atoms. The number of nitrogens with one attached hydrogen (secondary N) is 2. The van der Waals surface area contributed by atoms with E-state index < -0.39 is 16.9 Å². The first-order valence-corrected chi connectivity index (χ1v) is 8.09. The second kappa shape index (κ2) is 8.61.